The number of pyridine rings is 1. The average molecular weight is 638 g/mol. The Morgan fingerprint density at radius 1 is 1.00 bits per heavy atom. The largest absolute Gasteiger partial charge is 0.444 e. The van der Waals surface area contributed by atoms with Crippen LogP contribution in [0.4, 0.5) is 40.0 Å². The molecule has 2 aromatic heterocycles. The molecule has 0 bridgehead atoms. The summed E-state index contributed by atoms with van der Waals surface area (Å²) in [7, 11) is 0. The lowest BCUT2D eigenvalue weighted by atomic mass is 9.93. The smallest absolute Gasteiger partial charge is 0.416 e. The molecule has 236 valence electrons. The van der Waals surface area contributed by atoms with Gasteiger partial charge in [-0.2, -0.15) is 13.2 Å². The van der Waals surface area contributed by atoms with E-state index in [2.05, 4.69) is 32.8 Å². The number of halogens is 3. The fraction of sp³-hybridized carbons (Fsp3) is 0.303. The Morgan fingerprint density at radius 3 is 2.29 bits per heavy atom. The van der Waals surface area contributed by atoms with Gasteiger partial charge in [0.25, 0.3) is 0 Å². The van der Waals surface area contributed by atoms with Gasteiger partial charge in [-0.05, 0) is 74.9 Å². The number of hydrogen-bond donors (Lipinski definition) is 4. The number of nitrogen functional groups attached to an aromatic ring is 1. The lowest BCUT2D eigenvalue weighted by Gasteiger charge is -2.29. The van der Waals surface area contributed by atoms with Gasteiger partial charge in [0, 0.05) is 28.5 Å². The molecule has 45 heavy (non-hydrogen) atoms. The standard InChI is InChI=1S/C33H34F3N5O3S/c1-6-32(7-2,41-30(43)44-31(3,4)5)16-15-21-18-38-28(37)26-25(19-45-27(21)26)20-11-13-23(14-12-20)39-29(42)40-24-10-8-9-22(17-24)33(34,35)36/h8-14,17-19H,6-7H2,1-5H3,(H2,37,38)(H,41,43)(H2,39,40,42). The summed E-state index contributed by atoms with van der Waals surface area (Å²) in [5.74, 6) is 6.78. The summed E-state index contributed by atoms with van der Waals surface area (Å²) in [5.41, 5.74) is 6.77. The summed E-state index contributed by atoms with van der Waals surface area (Å²) in [6.45, 7) is 9.30. The molecule has 12 heteroatoms. The normalized spacial score (nSPS) is 11.8. The highest BCUT2D eigenvalue weighted by molar-refractivity contribution is 7.18. The highest BCUT2D eigenvalue weighted by Gasteiger charge is 2.31. The van der Waals surface area contributed by atoms with Gasteiger partial charge in [0.1, 0.15) is 17.0 Å². The van der Waals surface area contributed by atoms with Crippen molar-refractivity contribution in [3.8, 4) is 23.0 Å². The maximum Gasteiger partial charge on any atom is 0.416 e. The van der Waals surface area contributed by atoms with Crippen molar-refractivity contribution < 1.29 is 27.5 Å². The molecule has 0 saturated carbocycles. The molecule has 0 saturated heterocycles. The molecular formula is C33H34F3N5O3S. The van der Waals surface area contributed by atoms with E-state index in [1.807, 2.05) is 19.2 Å². The molecule has 0 aliphatic heterocycles. The zero-order chi connectivity index (χ0) is 33.0. The summed E-state index contributed by atoms with van der Waals surface area (Å²) >= 11 is 1.46. The van der Waals surface area contributed by atoms with Crippen molar-refractivity contribution in [2.45, 2.75) is 64.8 Å². The lowest BCUT2D eigenvalue weighted by Crippen LogP contribution is -2.48. The Kier molecular flexibility index (Phi) is 9.63. The first-order valence-electron chi connectivity index (χ1n) is 14.2. The van der Waals surface area contributed by atoms with Gasteiger partial charge in [0.05, 0.1) is 15.8 Å². The van der Waals surface area contributed by atoms with Crippen molar-refractivity contribution in [2.24, 2.45) is 0 Å². The number of ether oxygens (including phenoxy) is 1. The lowest BCUT2D eigenvalue weighted by molar-refractivity contribution is -0.137. The van der Waals surface area contributed by atoms with E-state index in [0.717, 1.165) is 33.3 Å². The van der Waals surface area contributed by atoms with E-state index in [1.165, 1.54) is 23.5 Å². The van der Waals surface area contributed by atoms with Crippen molar-refractivity contribution in [2.75, 3.05) is 16.4 Å². The van der Waals surface area contributed by atoms with Crippen molar-refractivity contribution in [3.05, 3.63) is 71.2 Å². The number of urea groups is 1. The monoisotopic (exact) mass is 637 g/mol. The molecule has 0 fully saturated rings. The number of carbonyl (C=O) groups excluding carboxylic acids is 2. The molecule has 4 aromatic rings. The summed E-state index contributed by atoms with van der Waals surface area (Å²) in [5, 5.41) is 10.6. The number of hydrogen-bond acceptors (Lipinski definition) is 6. The van der Waals surface area contributed by atoms with E-state index in [1.54, 1.807) is 51.2 Å². The first-order valence-corrected chi connectivity index (χ1v) is 15.1. The molecule has 0 radical (unpaired) electrons. The summed E-state index contributed by atoms with van der Waals surface area (Å²) in [6, 6.07) is 10.7. The predicted molar refractivity (Wildman–Crippen MR) is 173 cm³/mol. The summed E-state index contributed by atoms with van der Waals surface area (Å²) in [4.78, 5) is 29.4. The van der Waals surface area contributed by atoms with Crippen LogP contribution >= 0.6 is 11.3 Å². The van der Waals surface area contributed by atoms with E-state index >= 15 is 0 Å². The van der Waals surface area contributed by atoms with Crippen molar-refractivity contribution in [3.63, 3.8) is 0 Å². The highest BCUT2D eigenvalue weighted by Crippen LogP contribution is 2.39. The minimum atomic E-state index is -4.52. The number of fused-ring (bicyclic) bond motifs is 1. The topological polar surface area (TPSA) is 118 Å². The van der Waals surface area contributed by atoms with E-state index in [9.17, 15) is 22.8 Å². The van der Waals surface area contributed by atoms with Gasteiger partial charge in [-0.25, -0.2) is 14.6 Å². The van der Waals surface area contributed by atoms with Gasteiger partial charge in [0.2, 0.25) is 0 Å². The molecule has 5 N–H and O–H groups in total. The molecule has 8 nitrogen and oxygen atoms in total. The zero-order valence-electron chi connectivity index (χ0n) is 25.5. The molecule has 0 spiro atoms. The van der Waals surface area contributed by atoms with Crippen LogP contribution < -0.4 is 21.7 Å². The Balaban J connectivity index is 1.54. The van der Waals surface area contributed by atoms with Crippen LogP contribution in [-0.2, 0) is 10.9 Å². The van der Waals surface area contributed by atoms with Crippen LogP contribution in [0.1, 0.15) is 58.6 Å². The van der Waals surface area contributed by atoms with E-state index in [0.29, 0.717) is 29.9 Å². The molecular weight excluding hydrogens is 603 g/mol. The number of thiophene rings is 1. The second-order valence-corrected chi connectivity index (χ2v) is 12.2. The molecule has 2 heterocycles. The maximum absolute atomic E-state index is 13.0. The van der Waals surface area contributed by atoms with Crippen LogP contribution in [0.2, 0.25) is 0 Å². The molecule has 4 rings (SSSR count). The number of alkyl carbamates (subject to hydrolysis) is 1. The minimum absolute atomic E-state index is 0.0151. The molecule has 0 aliphatic rings. The van der Waals surface area contributed by atoms with Gasteiger partial charge >= 0.3 is 18.3 Å². The quantitative estimate of drug-likeness (QED) is 0.158. The summed E-state index contributed by atoms with van der Waals surface area (Å²) < 4.78 is 45.3. The Labute approximate surface area is 263 Å². The predicted octanol–water partition coefficient (Wildman–Crippen LogP) is 8.64. The summed E-state index contributed by atoms with van der Waals surface area (Å²) in [6.07, 6.45) is -2.31. The van der Waals surface area contributed by atoms with E-state index in [4.69, 9.17) is 10.5 Å². The fourth-order valence-corrected chi connectivity index (χ4v) is 5.54. The van der Waals surface area contributed by atoms with Crippen molar-refractivity contribution in [1.82, 2.24) is 10.3 Å². The first-order chi connectivity index (χ1) is 21.1. The van der Waals surface area contributed by atoms with Crippen LogP contribution in [0.3, 0.4) is 0 Å². The second-order valence-electron chi connectivity index (χ2n) is 11.3. The van der Waals surface area contributed by atoms with E-state index < -0.39 is 35.0 Å². The molecule has 2 aromatic carbocycles. The van der Waals surface area contributed by atoms with Crippen LogP contribution in [-0.4, -0.2) is 28.2 Å². The fourth-order valence-electron chi connectivity index (χ4n) is 4.49. The third-order valence-electron chi connectivity index (χ3n) is 6.91. The first kappa shape index (κ1) is 33.1. The Morgan fingerprint density at radius 2 is 1.67 bits per heavy atom. The number of rotatable bonds is 6. The number of benzene rings is 2. The molecule has 3 amide bonds. The number of carbonyl (C=O) groups is 2. The SMILES string of the molecule is CCC(C#Cc1cnc(N)c2c(-c3ccc(NC(=O)Nc4cccc(C(F)(F)F)c4)cc3)csc12)(CC)NC(=O)OC(C)(C)C. The third kappa shape index (κ3) is 8.25. The van der Waals surface area contributed by atoms with E-state index in [-0.39, 0.29) is 5.69 Å². The third-order valence-corrected chi connectivity index (χ3v) is 7.92. The number of nitrogens with one attached hydrogen (secondary N) is 3. The van der Waals surface area contributed by atoms with Gasteiger partial charge in [-0.3, -0.25) is 0 Å². The average Bonchev–Trinajstić information content (AvgIpc) is 3.41. The minimum Gasteiger partial charge on any atom is -0.444 e. The van der Waals surface area contributed by atoms with Gasteiger partial charge in [0.15, 0.2) is 0 Å². The number of amides is 3. The zero-order valence-corrected chi connectivity index (χ0v) is 26.3. The second kappa shape index (κ2) is 13.1. The van der Waals surface area contributed by atoms with Crippen LogP contribution in [0.15, 0.2) is 60.1 Å². The number of anilines is 3. The number of nitrogens with zero attached hydrogens (tertiary/aromatic N) is 1. The van der Waals surface area contributed by atoms with Gasteiger partial charge in [-0.1, -0.05) is 43.9 Å². The Hall–Kier alpha value is -4.76. The van der Waals surface area contributed by atoms with Crippen molar-refractivity contribution >= 4 is 50.7 Å². The molecule has 0 atom stereocenters. The van der Waals surface area contributed by atoms with Crippen LogP contribution in [0, 0.1) is 11.8 Å². The van der Waals surface area contributed by atoms with Gasteiger partial charge < -0.3 is 26.4 Å². The molecule has 0 aliphatic carbocycles. The van der Waals surface area contributed by atoms with Gasteiger partial charge in [-0.15, -0.1) is 11.3 Å². The number of aromatic nitrogens is 1. The highest BCUT2D eigenvalue weighted by atomic mass is 32.1. The van der Waals surface area contributed by atoms with Crippen LogP contribution in [0.5, 0.6) is 0 Å². The van der Waals surface area contributed by atoms with Crippen molar-refractivity contribution in [1.29, 1.82) is 0 Å². The maximum atomic E-state index is 13.0. The molecule has 0 unspecified atom stereocenters. The number of nitrogens with two attached hydrogens (primary N) is 1. The number of alkyl halides is 3. The Bertz CT molecular complexity index is 1760. The van der Waals surface area contributed by atoms with Crippen LogP contribution in [0.25, 0.3) is 21.2 Å².